The maximum Gasteiger partial charge on any atom is 0.151 e. The van der Waals surface area contributed by atoms with E-state index in [4.69, 9.17) is 4.74 Å². The van der Waals surface area contributed by atoms with Crippen molar-refractivity contribution in [2.45, 2.75) is 19.3 Å². The van der Waals surface area contributed by atoms with Crippen molar-refractivity contribution in [3.63, 3.8) is 0 Å². The molecule has 64 valence electrons. The van der Waals surface area contributed by atoms with Crippen molar-refractivity contribution in [1.29, 1.82) is 0 Å². The average molecular weight is 164 g/mol. The molecule has 1 fully saturated rings. The van der Waals surface area contributed by atoms with Gasteiger partial charge in [-0.25, -0.2) is 0 Å². The zero-order chi connectivity index (χ0) is 8.39. The predicted molar refractivity (Wildman–Crippen MR) is 45.5 cm³/mol. The first kappa shape index (κ1) is 7.71. The van der Waals surface area contributed by atoms with Crippen LogP contribution >= 0.6 is 0 Å². The Morgan fingerprint density at radius 1 is 1.58 bits per heavy atom. The van der Waals surface area contributed by atoms with Crippen molar-refractivity contribution >= 4 is 0 Å². The van der Waals surface area contributed by atoms with E-state index in [1.54, 1.807) is 6.20 Å². The first-order valence-electron chi connectivity index (χ1n) is 4.16. The minimum atomic E-state index is -0.0128. The van der Waals surface area contributed by atoms with Crippen LogP contribution < -0.4 is 5.32 Å². The first-order valence-corrected chi connectivity index (χ1v) is 4.16. The lowest BCUT2D eigenvalue weighted by Crippen LogP contribution is -2.15. The fraction of sp³-hybridized carbons (Fsp3) is 0.444. The standard InChI is InChI=1S/C9H12N2O/c1-7-6-11-9(12-7)8-4-2-3-5-10-8/h2-5,7,9,11H,6H2,1H3. The quantitative estimate of drug-likeness (QED) is 0.674. The van der Waals surface area contributed by atoms with Crippen molar-refractivity contribution in [1.82, 2.24) is 10.3 Å². The Balaban J connectivity index is 2.11. The van der Waals surface area contributed by atoms with Gasteiger partial charge in [0.25, 0.3) is 0 Å². The monoisotopic (exact) mass is 164 g/mol. The summed E-state index contributed by atoms with van der Waals surface area (Å²) in [5.41, 5.74) is 0.960. The molecule has 0 radical (unpaired) electrons. The van der Waals surface area contributed by atoms with Crippen molar-refractivity contribution in [2.75, 3.05) is 6.54 Å². The third-order valence-corrected chi connectivity index (χ3v) is 1.92. The van der Waals surface area contributed by atoms with Gasteiger partial charge in [-0.3, -0.25) is 10.3 Å². The van der Waals surface area contributed by atoms with Gasteiger partial charge in [0.05, 0.1) is 11.8 Å². The molecule has 2 unspecified atom stereocenters. The summed E-state index contributed by atoms with van der Waals surface area (Å²) in [6.45, 7) is 2.96. The van der Waals surface area contributed by atoms with E-state index in [-0.39, 0.29) is 12.3 Å². The summed E-state index contributed by atoms with van der Waals surface area (Å²) in [5.74, 6) is 0. The number of pyridine rings is 1. The Kier molecular flexibility index (Phi) is 2.06. The Morgan fingerprint density at radius 2 is 2.50 bits per heavy atom. The molecular formula is C9H12N2O. The molecule has 1 aliphatic heterocycles. The lowest BCUT2D eigenvalue weighted by Gasteiger charge is -2.08. The normalized spacial score (nSPS) is 29.1. The Bertz CT molecular complexity index is 250. The lowest BCUT2D eigenvalue weighted by molar-refractivity contribution is 0.0484. The highest BCUT2D eigenvalue weighted by Crippen LogP contribution is 2.18. The van der Waals surface area contributed by atoms with Gasteiger partial charge < -0.3 is 4.74 Å². The predicted octanol–water partition coefficient (Wildman–Crippen LogP) is 1.09. The zero-order valence-corrected chi connectivity index (χ0v) is 7.03. The molecule has 0 bridgehead atoms. The molecule has 0 saturated carbocycles. The Hall–Kier alpha value is -0.930. The van der Waals surface area contributed by atoms with Gasteiger partial charge in [-0.15, -0.1) is 0 Å². The number of aromatic nitrogens is 1. The molecular weight excluding hydrogens is 152 g/mol. The summed E-state index contributed by atoms with van der Waals surface area (Å²) in [7, 11) is 0. The smallest absolute Gasteiger partial charge is 0.151 e. The fourth-order valence-corrected chi connectivity index (χ4v) is 1.31. The molecule has 1 saturated heterocycles. The SMILES string of the molecule is CC1CNC(c2ccccn2)O1. The highest BCUT2D eigenvalue weighted by molar-refractivity contribution is 5.07. The molecule has 3 nitrogen and oxygen atoms in total. The highest BCUT2D eigenvalue weighted by atomic mass is 16.5. The second kappa shape index (κ2) is 3.21. The molecule has 3 heteroatoms. The van der Waals surface area contributed by atoms with Crippen LogP contribution in [0, 0.1) is 0 Å². The summed E-state index contributed by atoms with van der Waals surface area (Å²) in [6, 6.07) is 5.84. The molecule has 1 aliphatic rings. The third-order valence-electron chi connectivity index (χ3n) is 1.92. The van der Waals surface area contributed by atoms with Crippen molar-refractivity contribution in [2.24, 2.45) is 0 Å². The van der Waals surface area contributed by atoms with Crippen LogP contribution in [0.1, 0.15) is 18.8 Å². The molecule has 0 spiro atoms. The first-order chi connectivity index (χ1) is 5.86. The summed E-state index contributed by atoms with van der Waals surface area (Å²) >= 11 is 0. The maximum absolute atomic E-state index is 5.57. The van der Waals surface area contributed by atoms with E-state index in [9.17, 15) is 0 Å². The lowest BCUT2D eigenvalue weighted by atomic mass is 10.3. The van der Waals surface area contributed by atoms with E-state index in [0.29, 0.717) is 0 Å². The van der Waals surface area contributed by atoms with Crippen LogP contribution in [0.5, 0.6) is 0 Å². The minimum absolute atomic E-state index is 0.0128. The average Bonchev–Trinajstić information content (AvgIpc) is 2.54. The minimum Gasteiger partial charge on any atom is -0.353 e. The number of hydrogen-bond donors (Lipinski definition) is 1. The van der Waals surface area contributed by atoms with Gasteiger partial charge >= 0.3 is 0 Å². The van der Waals surface area contributed by atoms with E-state index in [2.05, 4.69) is 17.2 Å². The van der Waals surface area contributed by atoms with Crippen molar-refractivity contribution < 1.29 is 4.74 Å². The van der Waals surface area contributed by atoms with Crippen LogP contribution in [-0.4, -0.2) is 17.6 Å². The van der Waals surface area contributed by atoms with Gasteiger partial charge in [-0.2, -0.15) is 0 Å². The van der Waals surface area contributed by atoms with Crippen LogP contribution in [0.3, 0.4) is 0 Å². The van der Waals surface area contributed by atoms with Crippen LogP contribution in [0.25, 0.3) is 0 Å². The van der Waals surface area contributed by atoms with Crippen molar-refractivity contribution in [3.8, 4) is 0 Å². The van der Waals surface area contributed by atoms with Crippen LogP contribution in [0.2, 0.25) is 0 Å². The van der Waals surface area contributed by atoms with Gasteiger partial charge in [0.2, 0.25) is 0 Å². The molecule has 0 aromatic carbocycles. The second-order valence-electron chi connectivity index (χ2n) is 2.99. The van der Waals surface area contributed by atoms with E-state index in [0.717, 1.165) is 12.2 Å². The van der Waals surface area contributed by atoms with E-state index >= 15 is 0 Å². The van der Waals surface area contributed by atoms with Gasteiger partial charge in [0.1, 0.15) is 0 Å². The summed E-state index contributed by atoms with van der Waals surface area (Å²) in [6.07, 6.45) is 2.06. The largest absolute Gasteiger partial charge is 0.353 e. The summed E-state index contributed by atoms with van der Waals surface area (Å²) < 4.78 is 5.57. The van der Waals surface area contributed by atoms with Crippen LogP contribution in [0.4, 0.5) is 0 Å². The van der Waals surface area contributed by atoms with Gasteiger partial charge in [0.15, 0.2) is 6.23 Å². The molecule has 2 rings (SSSR count). The molecule has 2 heterocycles. The summed E-state index contributed by atoms with van der Waals surface area (Å²) in [4.78, 5) is 4.21. The number of ether oxygens (including phenoxy) is 1. The molecule has 2 atom stereocenters. The fourth-order valence-electron chi connectivity index (χ4n) is 1.31. The summed E-state index contributed by atoms with van der Waals surface area (Å²) in [5, 5.41) is 3.24. The zero-order valence-electron chi connectivity index (χ0n) is 7.03. The van der Waals surface area contributed by atoms with E-state index < -0.39 is 0 Å². The molecule has 1 aromatic rings. The van der Waals surface area contributed by atoms with Crippen LogP contribution in [0.15, 0.2) is 24.4 Å². The number of nitrogens with one attached hydrogen (secondary N) is 1. The van der Waals surface area contributed by atoms with E-state index in [1.807, 2.05) is 18.2 Å². The van der Waals surface area contributed by atoms with Gasteiger partial charge in [0, 0.05) is 12.7 Å². The molecule has 1 N–H and O–H groups in total. The molecule has 12 heavy (non-hydrogen) atoms. The second-order valence-corrected chi connectivity index (χ2v) is 2.99. The highest BCUT2D eigenvalue weighted by Gasteiger charge is 2.22. The molecule has 0 amide bonds. The Labute approximate surface area is 71.8 Å². The van der Waals surface area contributed by atoms with Crippen molar-refractivity contribution in [3.05, 3.63) is 30.1 Å². The number of nitrogens with zero attached hydrogens (tertiary/aromatic N) is 1. The van der Waals surface area contributed by atoms with Gasteiger partial charge in [-0.1, -0.05) is 6.07 Å². The molecule has 0 aliphatic carbocycles. The maximum atomic E-state index is 5.57. The number of hydrogen-bond acceptors (Lipinski definition) is 3. The van der Waals surface area contributed by atoms with Crippen LogP contribution in [-0.2, 0) is 4.74 Å². The topological polar surface area (TPSA) is 34.2 Å². The number of rotatable bonds is 1. The molecule has 1 aromatic heterocycles. The Morgan fingerprint density at radius 3 is 3.08 bits per heavy atom. The van der Waals surface area contributed by atoms with E-state index in [1.165, 1.54) is 0 Å². The van der Waals surface area contributed by atoms with Gasteiger partial charge in [-0.05, 0) is 19.1 Å². The third kappa shape index (κ3) is 1.47.